The van der Waals surface area contributed by atoms with E-state index in [0.29, 0.717) is 22.8 Å². The second-order valence-corrected chi connectivity index (χ2v) is 7.27. The number of rotatable bonds is 5. The number of aromatic nitrogens is 3. The zero-order valence-electron chi connectivity index (χ0n) is 17.0. The number of carbonyl (C=O) groups is 1. The normalized spacial score (nSPS) is 11.0. The molecule has 1 aromatic carbocycles. The third-order valence-corrected chi connectivity index (χ3v) is 4.98. The van der Waals surface area contributed by atoms with Crippen LogP contribution in [0.15, 0.2) is 54.9 Å². The van der Waals surface area contributed by atoms with Gasteiger partial charge in [-0.2, -0.15) is 0 Å². The molecule has 6 nitrogen and oxygen atoms in total. The number of aryl methyl sites for hydroxylation is 1. The SMILES string of the molecule is Cc1cc2cc(C(=O)N(Cc3ncccc3F)Cc3ncc(F)cc3F)ccc2nc1N. The van der Waals surface area contributed by atoms with Crippen molar-refractivity contribution in [2.75, 3.05) is 5.73 Å². The first-order valence-electron chi connectivity index (χ1n) is 9.67. The number of hydrogen-bond acceptors (Lipinski definition) is 5. The van der Waals surface area contributed by atoms with Crippen molar-refractivity contribution in [3.05, 3.63) is 94.8 Å². The van der Waals surface area contributed by atoms with Gasteiger partial charge >= 0.3 is 0 Å². The maximum absolute atomic E-state index is 14.2. The predicted molar refractivity (Wildman–Crippen MR) is 113 cm³/mol. The Bertz CT molecular complexity index is 1330. The van der Waals surface area contributed by atoms with E-state index in [1.807, 2.05) is 0 Å². The van der Waals surface area contributed by atoms with Gasteiger partial charge in [-0.05, 0) is 48.9 Å². The number of fused-ring (bicyclic) bond motifs is 1. The highest BCUT2D eigenvalue weighted by Crippen LogP contribution is 2.22. The summed E-state index contributed by atoms with van der Waals surface area (Å²) in [5.74, 6) is -2.46. The van der Waals surface area contributed by atoms with Crippen molar-refractivity contribution in [1.82, 2.24) is 19.9 Å². The Morgan fingerprint density at radius 3 is 2.47 bits per heavy atom. The average molecular weight is 437 g/mol. The average Bonchev–Trinajstić information content (AvgIpc) is 2.76. The quantitative estimate of drug-likeness (QED) is 0.507. The summed E-state index contributed by atoms with van der Waals surface area (Å²) in [5.41, 5.74) is 7.35. The van der Waals surface area contributed by atoms with Gasteiger partial charge in [0, 0.05) is 23.2 Å². The molecule has 0 saturated heterocycles. The molecular formula is C23H18F3N5O. The first-order chi connectivity index (χ1) is 15.3. The number of carbonyl (C=O) groups excluding carboxylic acids is 1. The number of amides is 1. The lowest BCUT2D eigenvalue weighted by molar-refractivity contribution is 0.0722. The van der Waals surface area contributed by atoms with Gasteiger partial charge in [0.15, 0.2) is 0 Å². The summed E-state index contributed by atoms with van der Waals surface area (Å²) in [6, 6.07) is 9.97. The van der Waals surface area contributed by atoms with E-state index in [9.17, 15) is 18.0 Å². The molecule has 162 valence electrons. The summed E-state index contributed by atoms with van der Waals surface area (Å²) in [6.45, 7) is 1.26. The summed E-state index contributed by atoms with van der Waals surface area (Å²) in [5, 5.41) is 0.692. The smallest absolute Gasteiger partial charge is 0.254 e. The molecule has 2 N–H and O–H groups in total. The number of nitrogens with zero attached hydrogens (tertiary/aromatic N) is 4. The maximum atomic E-state index is 14.2. The van der Waals surface area contributed by atoms with Gasteiger partial charge in [0.05, 0.1) is 36.2 Å². The Labute approximate surface area is 181 Å². The number of anilines is 1. The van der Waals surface area contributed by atoms with Crippen molar-refractivity contribution in [1.29, 1.82) is 0 Å². The number of nitrogen functional groups attached to an aromatic ring is 1. The third-order valence-electron chi connectivity index (χ3n) is 4.98. The van der Waals surface area contributed by atoms with Crippen LogP contribution in [0.5, 0.6) is 0 Å². The molecule has 3 aromatic heterocycles. The molecule has 0 fully saturated rings. The second-order valence-electron chi connectivity index (χ2n) is 7.27. The highest BCUT2D eigenvalue weighted by molar-refractivity contribution is 5.98. The molecule has 0 unspecified atom stereocenters. The second kappa shape index (κ2) is 8.62. The lowest BCUT2D eigenvalue weighted by Crippen LogP contribution is -2.31. The first-order valence-corrected chi connectivity index (χ1v) is 9.67. The molecule has 0 aliphatic rings. The molecule has 4 rings (SSSR count). The Morgan fingerprint density at radius 2 is 1.75 bits per heavy atom. The summed E-state index contributed by atoms with van der Waals surface area (Å²) in [4.78, 5) is 26.6. The van der Waals surface area contributed by atoms with Crippen LogP contribution >= 0.6 is 0 Å². The first kappa shape index (κ1) is 21.2. The highest BCUT2D eigenvalue weighted by atomic mass is 19.1. The van der Waals surface area contributed by atoms with Crippen molar-refractivity contribution in [3.8, 4) is 0 Å². The van der Waals surface area contributed by atoms with E-state index in [0.717, 1.165) is 11.8 Å². The Morgan fingerprint density at radius 1 is 1.00 bits per heavy atom. The van der Waals surface area contributed by atoms with E-state index < -0.39 is 23.4 Å². The minimum Gasteiger partial charge on any atom is -0.383 e. The van der Waals surface area contributed by atoms with Crippen molar-refractivity contribution in [2.24, 2.45) is 0 Å². The van der Waals surface area contributed by atoms with Gasteiger partial charge in [-0.25, -0.2) is 18.2 Å². The minimum absolute atomic E-state index is 0.00874. The standard InChI is InChI=1S/C23H18F3N5O/c1-13-7-15-8-14(4-5-19(15)30-22(13)27)23(32)31(11-20-17(25)3-2-6-28-20)12-21-18(26)9-16(24)10-29-21/h2-10H,11-12H2,1H3,(H2,27,30). The van der Waals surface area contributed by atoms with Gasteiger partial charge in [0.1, 0.15) is 23.3 Å². The fourth-order valence-corrected chi connectivity index (χ4v) is 3.27. The Balaban J connectivity index is 1.72. The van der Waals surface area contributed by atoms with E-state index in [-0.39, 0.29) is 30.0 Å². The Hall–Kier alpha value is -4.01. The number of benzene rings is 1. The predicted octanol–water partition coefficient (Wildman–Crippen LogP) is 4.18. The fraction of sp³-hybridized carbons (Fsp3) is 0.130. The number of nitrogens with two attached hydrogens (primary N) is 1. The van der Waals surface area contributed by atoms with E-state index in [1.165, 1.54) is 23.2 Å². The van der Waals surface area contributed by atoms with Crippen molar-refractivity contribution >= 4 is 22.6 Å². The van der Waals surface area contributed by atoms with E-state index in [4.69, 9.17) is 5.73 Å². The van der Waals surface area contributed by atoms with Crippen LogP contribution in [0.2, 0.25) is 0 Å². The molecule has 0 atom stereocenters. The zero-order valence-corrected chi connectivity index (χ0v) is 17.0. The maximum Gasteiger partial charge on any atom is 0.254 e. The molecule has 0 aliphatic heterocycles. The van der Waals surface area contributed by atoms with Gasteiger partial charge in [0.2, 0.25) is 0 Å². The van der Waals surface area contributed by atoms with E-state index in [2.05, 4.69) is 15.0 Å². The number of pyridine rings is 3. The molecule has 0 aliphatic carbocycles. The van der Waals surface area contributed by atoms with Gasteiger partial charge in [0.25, 0.3) is 5.91 Å². The van der Waals surface area contributed by atoms with Gasteiger partial charge in [-0.3, -0.25) is 14.8 Å². The topological polar surface area (TPSA) is 85.0 Å². The molecule has 32 heavy (non-hydrogen) atoms. The molecule has 0 saturated carbocycles. The fourth-order valence-electron chi connectivity index (χ4n) is 3.27. The molecule has 9 heteroatoms. The summed E-state index contributed by atoms with van der Waals surface area (Å²) in [7, 11) is 0. The highest BCUT2D eigenvalue weighted by Gasteiger charge is 2.22. The van der Waals surface area contributed by atoms with Crippen LogP contribution in [0, 0.1) is 24.4 Å². The van der Waals surface area contributed by atoms with Gasteiger partial charge in [-0.1, -0.05) is 0 Å². The van der Waals surface area contributed by atoms with Crippen LogP contribution in [0.25, 0.3) is 10.9 Å². The summed E-state index contributed by atoms with van der Waals surface area (Å²) >= 11 is 0. The van der Waals surface area contributed by atoms with E-state index >= 15 is 0 Å². The van der Waals surface area contributed by atoms with Crippen molar-refractivity contribution in [3.63, 3.8) is 0 Å². The summed E-state index contributed by atoms with van der Waals surface area (Å²) in [6.07, 6.45) is 2.25. The van der Waals surface area contributed by atoms with Crippen molar-refractivity contribution in [2.45, 2.75) is 20.0 Å². The van der Waals surface area contributed by atoms with Gasteiger partial charge < -0.3 is 10.6 Å². The molecule has 0 spiro atoms. The minimum atomic E-state index is -0.905. The number of halogens is 3. The molecule has 4 aromatic rings. The lowest BCUT2D eigenvalue weighted by atomic mass is 10.1. The van der Waals surface area contributed by atoms with E-state index in [1.54, 1.807) is 31.2 Å². The van der Waals surface area contributed by atoms with Crippen LogP contribution in [0.1, 0.15) is 27.3 Å². The molecule has 1 amide bonds. The Kier molecular flexibility index (Phi) is 5.72. The van der Waals surface area contributed by atoms with Crippen molar-refractivity contribution < 1.29 is 18.0 Å². The third kappa shape index (κ3) is 4.36. The van der Waals surface area contributed by atoms with Crippen LogP contribution in [0.3, 0.4) is 0 Å². The lowest BCUT2D eigenvalue weighted by Gasteiger charge is -2.23. The summed E-state index contributed by atoms with van der Waals surface area (Å²) < 4.78 is 41.7. The van der Waals surface area contributed by atoms with Crippen LogP contribution < -0.4 is 5.73 Å². The van der Waals surface area contributed by atoms with Crippen LogP contribution in [0.4, 0.5) is 19.0 Å². The monoisotopic (exact) mass is 437 g/mol. The number of hydrogen-bond donors (Lipinski definition) is 1. The van der Waals surface area contributed by atoms with Gasteiger partial charge in [-0.15, -0.1) is 0 Å². The van der Waals surface area contributed by atoms with Crippen LogP contribution in [-0.4, -0.2) is 25.8 Å². The molecule has 0 bridgehead atoms. The molecule has 0 radical (unpaired) electrons. The molecule has 3 heterocycles. The largest absolute Gasteiger partial charge is 0.383 e. The van der Waals surface area contributed by atoms with Crippen LogP contribution in [-0.2, 0) is 13.1 Å². The zero-order chi connectivity index (χ0) is 22.8. The molecular weight excluding hydrogens is 419 g/mol.